The van der Waals surface area contributed by atoms with Crippen LogP contribution in [0.5, 0.6) is 0 Å². The molecule has 3 rings (SSSR count). The van der Waals surface area contributed by atoms with Gasteiger partial charge in [-0.3, -0.25) is 0 Å². The second-order valence-electron chi connectivity index (χ2n) is 7.99. The standard InChI is InChI=1S/C22H33N5/c1-16(2)9-10-23-22-24-18(4)15-21(25-22)27-13-11-26(12-14-27)20-8-6-7-17(3)19(20)5/h6-8,15-16H,9-14H2,1-5H3,(H,23,24,25). The normalized spacial score (nSPS) is 14.7. The van der Waals surface area contributed by atoms with E-state index in [1.54, 1.807) is 0 Å². The Balaban J connectivity index is 1.65. The summed E-state index contributed by atoms with van der Waals surface area (Å²) in [7, 11) is 0. The second-order valence-corrected chi connectivity index (χ2v) is 7.99. The third-order valence-corrected chi connectivity index (χ3v) is 5.37. The van der Waals surface area contributed by atoms with Gasteiger partial charge in [0.2, 0.25) is 5.95 Å². The van der Waals surface area contributed by atoms with E-state index in [9.17, 15) is 0 Å². The molecule has 5 heteroatoms. The van der Waals surface area contributed by atoms with Gasteiger partial charge in [0, 0.05) is 50.2 Å². The molecule has 0 atom stereocenters. The molecule has 5 nitrogen and oxygen atoms in total. The summed E-state index contributed by atoms with van der Waals surface area (Å²) in [6, 6.07) is 8.68. The van der Waals surface area contributed by atoms with Gasteiger partial charge in [-0.15, -0.1) is 0 Å². The number of nitrogens with zero attached hydrogens (tertiary/aromatic N) is 4. The number of anilines is 3. The number of piperazine rings is 1. The van der Waals surface area contributed by atoms with Gasteiger partial charge in [-0.25, -0.2) is 4.98 Å². The van der Waals surface area contributed by atoms with Gasteiger partial charge in [-0.05, 0) is 50.3 Å². The zero-order valence-electron chi connectivity index (χ0n) is 17.4. The summed E-state index contributed by atoms with van der Waals surface area (Å²) < 4.78 is 0. The van der Waals surface area contributed by atoms with Crippen LogP contribution in [0.1, 0.15) is 37.1 Å². The maximum absolute atomic E-state index is 4.77. The molecule has 1 fully saturated rings. The predicted octanol–water partition coefficient (Wildman–Crippen LogP) is 4.19. The van der Waals surface area contributed by atoms with E-state index in [-0.39, 0.29) is 0 Å². The molecule has 1 aromatic heterocycles. The molecule has 1 saturated heterocycles. The number of hydrogen-bond donors (Lipinski definition) is 1. The van der Waals surface area contributed by atoms with Crippen molar-refractivity contribution in [2.45, 2.75) is 41.0 Å². The van der Waals surface area contributed by atoms with Crippen LogP contribution in [0.25, 0.3) is 0 Å². The Morgan fingerprint density at radius 1 is 1.00 bits per heavy atom. The van der Waals surface area contributed by atoms with Gasteiger partial charge in [0.1, 0.15) is 5.82 Å². The van der Waals surface area contributed by atoms with E-state index in [4.69, 9.17) is 4.98 Å². The molecule has 2 heterocycles. The van der Waals surface area contributed by atoms with Crippen molar-refractivity contribution < 1.29 is 0 Å². The minimum absolute atomic E-state index is 0.680. The molecule has 0 bridgehead atoms. The molecule has 27 heavy (non-hydrogen) atoms. The lowest BCUT2D eigenvalue weighted by Gasteiger charge is -2.37. The number of aromatic nitrogens is 2. The van der Waals surface area contributed by atoms with Gasteiger partial charge in [0.25, 0.3) is 0 Å². The van der Waals surface area contributed by atoms with Crippen molar-refractivity contribution in [3.8, 4) is 0 Å². The van der Waals surface area contributed by atoms with Crippen LogP contribution in [-0.2, 0) is 0 Å². The maximum Gasteiger partial charge on any atom is 0.224 e. The lowest BCUT2D eigenvalue weighted by molar-refractivity contribution is 0.605. The molecule has 0 unspecified atom stereocenters. The second kappa shape index (κ2) is 8.59. The van der Waals surface area contributed by atoms with Crippen LogP contribution in [0.3, 0.4) is 0 Å². The number of nitrogens with one attached hydrogen (secondary N) is 1. The number of hydrogen-bond acceptors (Lipinski definition) is 5. The summed E-state index contributed by atoms with van der Waals surface area (Å²) in [5.41, 5.74) is 5.13. The first-order chi connectivity index (χ1) is 12.9. The van der Waals surface area contributed by atoms with Crippen LogP contribution >= 0.6 is 0 Å². The molecule has 1 aliphatic rings. The highest BCUT2D eigenvalue weighted by Gasteiger charge is 2.20. The maximum atomic E-state index is 4.77. The molecule has 1 aromatic carbocycles. The van der Waals surface area contributed by atoms with Gasteiger partial charge in [0.15, 0.2) is 0 Å². The average Bonchev–Trinajstić information content (AvgIpc) is 2.63. The summed E-state index contributed by atoms with van der Waals surface area (Å²) in [4.78, 5) is 14.2. The zero-order valence-corrected chi connectivity index (χ0v) is 17.4. The smallest absolute Gasteiger partial charge is 0.224 e. The molecule has 0 radical (unpaired) electrons. The molecule has 0 amide bonds. The Bertz CT molecular complexity index is 763. The van der Waals surface area contributed by atoms with Crippen molar-refractivity contribution in [3.63, 3.8) is 0 Å². The topological polar surface area (TPSA) is 44.3 Å². The SMILES string of the molecule is Cc1cc(N2CCN(c3cccc(C)c3C)CC2)nc(NCCC(C)C)n1. The minimum atomic E-state index is 0.680. The van der Waals surface area contributed by atoms with Crippen molar-refractivity contribution >= 4 is 17.5 Å². The predicted molar refractivity (Wildman–Crippen MR) is 115 cm³/mol. The summed E-state index contributed by atoms with van der Waals surface area (Å²) in [5, 5.41) is 3.39. The van der Waals surface area contributed by atoms with Gasteiger partial charge in [-0.2, -0.15) is 4.98 Å². The molecule has 1 N–H and O–H groups in total. The monoisotopic (exact) mass is 367 g/mol. The summed E-state index contributed by atoms with van der Waals surface area (Å²) in [6.07, 6.45) is 1.13. The van der Waals surface area contributed by atoms with Crippen LogP contribution < -0.4 is 15.1 Å². The van der Waals surface area contributed by atoms with Crippen LogP contribution in [-0.4, -0.2) is 42.7 Å². The van der Waals surface area contributed by atoms with Gasteiger partial charge in [0.05, 0.1) is 0 Å². The minimum Gasteiger partial charge on any atom is -0.368 e. The number of aryl methyl sites for hydroxylation is 2. The Morgan fingerprint density at radius 3 is 2.41 bits per heavy atom. The highest BCUT2D eigenvalue weighted by atomic mass is 15.3. The summed E-state index contributed by atoms with van der Waals surface area (Å²) in [6.45, 7) is 15.8. The molecule has 1 aliphatic heterocycles. The number of benzene rings is 1. The molecule has 2 aromatic rings. The van der Waals surface area contributed by atoms with Crippen molar-refractivity contribution in [3.05, 3.63) is 41.1 Å². The zero-order chi connectivity index (χ0) is 19.4. The van der Waals surface area contributed by atoms with Crippen LogP contribution in [0.4, 0.5) is 17.5 Å². The largest absolute Gasteiger partial charge is 0.368 e. The summed E-state index contributed by atoms with van der Waals surface area (Å²) in [5.74, 6) is 2.47. The quantitative estimate of drug-likeness (QED) is 0.829. The van der Waals surface area contributed by atoms with Crippen LogP contribution in [0, 0.1) is 26.7 Å². The van der Waals surface area contributed by atoms with E-state index in [2.05, 4.69) is 72.1 Å². The first-order valence-corrected chi connectivity index (χ1v) is 10.1. The van der Waals surface area contributed by atoms with E-state index in [0.717, 1.165) is 56.6 Å². The number of rotatable bonds is 6. The lowest BCUT2D eigenvalue weighted by atomic mass is 10.1. The Kier molecular flexibility index (Phi) is 6.19. The van der Waals surface area contributed by atoms with E-state index in [1.165, 1.54) is 16.8 Å². The third-order valence-electron chi connectivity index (χ3n) is 5.37. The van der Waals surface area contributed by atoms with Crippen LogP contribution in [0.15, 0.2) is 24.3 Å². The summed E-state index contributed by atoms with van der Waals surface area (Å²) >= 11 is 0. The Hall–Kier alpha value is -2.30. The average molecular weight is 368 g/mol. The van der Waals surface area contributed by atoms with Gasteiger partial charge < -0.3 is 15.1 Å². The van der Waals surface area contributed by atoms with E-state index >= 15 is 0 Å². The highest BCUT2D eigenvalue weighted by molar-refractivity contribution is 5.57. The van der Waals surface area contributed by atoms with Crippen molar-refractivity contribution in [2.75, 3.05) is 47.8 Å². The van der Waals surface area contributed by atoms with Crippen molar-refractivity contribution in [1.82, 2.24) is 9.97 Å². The Labute approximate surface area is 163 Å². The van der Waals surface area contributed by atoms with E-state index < -0.39 is 0 Å². The molecular formula is C22H33N5. The Morgan fingerprint density at radius 2 is 1.70 bits per heavy atom. The van der Waals surface area contributed by atoms with Crippen molar-refractivity contribution in [1.29, 1.82) is 0 Å². The molecular weight excluding hydrogens is 334 g/mol. The van der Waals surface area contributed by atoms with E-state index in [1.807, 2.05) is 6.92 Å². The molecule has 0 spiro atoms. The molecule has 0 saturated carbocycles. The third kappa shape index (κ3) is 4.90. The first kappa shape index (κ1) is 19.5. The van der Waals surface area contributed by atoms with E-state index in [0.29, 0.717) is 5.92 Å². The van der Waals surface area contributed by atoms with Crippen molar-refractivity contribution in [2.24, 2.45) is 5.92 Å². The highest BCUT2D eigenvalue weighted by Crippen LogP contribution is 2.25. The van der Waals surface area contributed by atoms with Gasteiger partial charge >= 0.3 is 0 Å². The fraction of sp³-hybridized carbons (Fsp3) is 0.545. The van der Waals surface area contributed by atoms with Crippen LogP contribution in [0.2, 0.25) is 0 Å². The fourth-order valence-corrected chi connectivity index (χ4v) is 3.52. The lowest BCUT2D eigenvalue weighted by Crippen LogP contribution is -2.47. The van der Waals surface area contributed by atoms with Gasteiger partial charge in [-0.1, -0.05) is 26.0 Å². The molecule has 146 valence electrons. The molecule has 0 aliphatic carbocycles. The fourth-order valence-electron chi connectivity index (χ4n) is 3.52. The first-order valence-electron chi connectivity index (χ1n) is 10.1.